The summed E-state index contributed by atoms with van der Waals surface area (Å²) in [6, 6.07) is 11.7. The normalized spacial score (nSPS) is 14.1. The fourth-order valence-corrected chi connectivity index (χ4v) is 2.78. The second kappa shape index (κ2) is 7.30. The molecular formula is C18H18N6O2. The van der Waals surface area contributed by atoms with Gasteiger partial charge in [0, 0.05) is 32.0 Å². The van der Waals surface area contributed by atoms with E-state index < -0.39 is 0 Å². The van der Waals surface area contributed by atoms with Crippen molar-refractivity contribution in [3.05, 3.63) is 60.2 Å². The largest absolute Gasteiger partial charge is 0.338 e. The van der Waals surface area contributed by atoms with Gasteiger partial charge in [-0.3, -0.25) is 0 Å². The van der Waals surface area contributed by atoms with Crippen molar-refractivity contribution in [1.29, 1.82) is 0 Å². The molecule has 0 radical (unpaired) electrons. The Kier molecular flexibility index (Phi) is 4.55. The molecule has 26 heavy (non-hydrogen) atoms. The van der Waals surface area contributed by atoms with Gasteiger partial charge in [0.15, 0.2) is 0 Å². The van der Waals surface area contributed by atoms with Crippen molar-refractivity contribution in [3.63, 3.8) is 0 Å². The second-order valence-corrected chi connectivity index (χ2v) is 6.10. The van der Waals surface area contributed by atoms with Gasteiger partial charge in [-0.2, -0.15) is 4.98 Å². The summed E-state index contributed by atoms with van der Waals surface area (Å²) in [4.78, 5) is 26.4. The van der Waals surface area contributed by atoms with Crippen LogP contribution in [0.25, 0.3) is 11.6 Å². The molecule has 0 unspecified atom stereocenters. The van der Waals surface area contributed by atoms with Crippen molar-refractivity contribution >= 4 is 6.03 Å². The number of carbonyl (C=O) groups is 1. The summed E-state index contributed by atoms with van der Waals surface area (Å²) >= 11 is 0. The fourth-order valence-electron chi connectivity index (χ4n) is 2.78. The first-order valence-electron chi connectivity index (χ1n) is 8.47. The quantitative estimate of drug-likeness (QED) is 0.754. The Hall–Kier alpha value is -3.29. The van der Waals surface area contributed by atoms with Crippen LogP contribution in [0.15, 0.2) is 53.3 Å². The molecule has 0 saturated carbocycles. The summed E-state index contributed by atoms with van der Waals surface area (Å²) in [5.41, 5.74) is 1.20. The Morgan fingerprint density at radius 2 is 1.88 bits per heavy atom. The molecule has 132 valence electrons. The van der Waals surface area contributed by atoms with Crippen LogP contribution in [-0.4, -0.2) is 50.7 Å². The molecular weight excluding hydrogens is 332 g/mol. The monoisotopic (exact) mass is 350 g/mol. The minimum atomic E-state index is -0.0664. The highest BCUT2D eigenvalue weighted by molar-refractivity contribution is 5.75. The zero-order valence-corrected chi connectivity index (χ0v) is 14.1. The summed E-state index contributed by atoms with van der Waals surface area (Å²) in [6.07, 6.45) is 4.07. The van der Waals surface area contributed by atoms with Crippen LogP contribution in [-0.2, 0) is 6.42 Å². The third-order valence-corrected chi connectivity index (χ3v) is 4.26. The molecule has 8 nitrogen and oxygen atoms in total. The lowest BCUT2D eigenvalue weighted by Crippen LogP contribution is -2.52. The standard InChI is InChI=1S/C18H18N6O2/c25-18(21-10-7-13-5-2-1-3-6-13)24-11-14(12-24)17-22-16(23-26-17)15-19-8-4-9-20-15/h1-6,8-9,14H,7,10-12H2,(H,21,25). The zero-order valence-electron chi connectivity index (χ0n) is 14.1. The van der Waals surface area contributed by atoms with E-state index in [-0.39, 0.29) is 11.9 Å². The molecule has 4 rings (SSSR count). The molecule has 0 spiro atoms. The number of hydrogen-bond acceptors (Lipinski definition) is 6. The van der Waals surface area contributed by atoms with Gasteiger partial charge >= 0.3 is 6.03 Å². The number of rotatable bonds is 5. The van der Waals surface area contributed by atoms with E-state index in [9.17, 15) is 4.79 Å². The minimum Gasteiger partial charge on any atom is -0.338 e. The predicted molar refractivity (Wildman–Crippen MR) is 93.2 cm³/mol. The van der Waals surface area contributed by atoms with Gasteiger partial charge in [0.05, 0.1) is 5.92 Å². The van der Waals surface area contributed by atoms with Crippen molar-refractivity contribution in [2.75, 3.05) is 19.6 Å². The number of urea groups is 1. The molecule has 3 aromatic rings. The molecule has 2 aromatic heterocycles. The van der Waals surface area contributed by atoms with E-state index in [1.165, 1.54) is 5.56 Å². The SMILES string of the molecule is O=C(NCCc1ccccc1)N1CC(c2nc(-c3ncccn3)no2)C1. The van der Waals surface area contributed by atoms with Gasteiger partial charge in [0.25, 0.3) is 0 Å². The first-order chi connectivity index (χ1) is 12.8. The van der Waals surface area contributed by atoms with Crippen molar-refractivity contribution in [2.45, 2.75) is 12.3 Å². The van der Waals surface area contributed by atoms with Gasteiger partial charge in [0.2, 0.25) is 17.5 Å². The molecule has 1 saturated heterocycles. The average molecular weight is 350 g/mol. The molecule has 1 aliphatic rings. The Bertz CT molecular complexity index is 862. The van der Waals surface area contributed by atoms with E-state index in [1.807, 2.05) is 18.2 Å². The number of aromatic nitrogens is 4. The highest BCUT2D eigenvalue weighted by atomic mass is 16.5. The summed E-state index contributed by atoms with van der Waals surface area (Å²) in [5.74, 6) is 1.37. The topological polar surface area (TPSA) is 97.0 Å². The molecule has 1 N–H and O–H groups in total. The number of nitrogens with zero attached hydrogens (tertiary/aromatic N) is 5. The summed E-state index contributed by atoms with van der Waals surface area (Å²) in [6.45, 7) is 1.74. The van der Waals surface area contributed by atoms with E-state index in [0.717, 1.165) is 6.42 Å². The number of amides is 2. The lowest BCUT2D eigenvalue weighted by atomic mass is 10.0. The van der Waals surface area contributed by atoms with Gasteiger partial charge in [-0.05, 0) is 18.1 Å². The third-order valence-electron chi connectivity index (χ3n) is 4.26. The Morgan fingerprint density at radius 3 is 2.65 bits per heavy atom. The van der Waals surface area contributed by atoms with Gasteiger partial charge < -0.3 is 14.7 Å². The van der Waals surface area contributed by atoms with Crippen LogP contribution < -0.4 is 5.32 Å². The van der Waals surface area contributed by atoms with E-state index >= 15 is 0 Å². The maximum atomic E-state index is 12.1. The first-order valence-corrected chi connectivity index (χ1v) is 8.47. The van der Waals surface area contributed by atoms with E-state index in [0.29, 0.717) is 37.2 Å². The van der Waals surface area contributed by atoms with E-state index in [4.69, 9.17) is 4.52 Å². The van der Waals surface area contributed by atoms with Gasteiger partial charge in [-0.15, -0.1) is 0 Å². The van der Waals surface area contributed by atoms with Gasteiger partial charge in [-0.1, -0.05) is 35.5 Å². The Balaban J connectivity index is 1.25. The predicted octanol–water partition coefficient (Wildman–Crippen LogP) is 1.88. The summed E-state index contributed by atoms with van der Waals surface area (Å²) in [5, 5.41) is 6.85. The van der Waals surface area contributed by atoms with Crippen LogP contribution in [0.4, 0.5) is 4.79 Å². The van der Waals surface area contributed by atoms with Crippen molar-refractivity contribution in [1.82, 2.24) is 30.3 Å². The number of benzene rings is 1. The van der Waals surface area contributed by atoms with Crippen molar-refractivity contribution < 1.29 is 9.32 Å². The molecule has 1 fully saturated rings. The average Bonchev–Trinajstić information content (AvgIpc) is 3.12. The minimum absolute atomic E-state index is 0.0554. The third kappa shape index (κ3) is 3.53. The van der Waals surface area contributed by atoms with Crippen LogP contribution in [0.3, 0.4) is 0 Å². The van der Waals surface area contributed by atoms with Crippen LogP contribution in [0, 0.1) is 0 Å². The van der Waals surface area contributed by atoms with Crippen molar-refractivity contribution in [2.24, 2.45) is 0 Å². The second-order valence-electron chi connectivity index (χ2n) is 6.10. The lowest BCUT2D eigenvalue weighted by Gasteiger charge is -2.36. The molecule has 0 atom stereocenters. The van der Waals surface area contributed by atoms with Crippen LogP contribution in [0.5, 0.6) is 0 Å². The number of likely N-dealkylation sites (tertiary alicyclic amines) is 1. The van der Waals surface area contributed by atoms with Crippen LogP contribution in [0.2, 0.25) is 0 Å². The summed E-state index contributed by atoms with van der Waals surface area (Å²) in [7, 11) is 0. The number of hydrogen-bond donors (Lipinski definition) is 1. The molecule has 2 amide bonds. The van der Waals surface area contributed by atoms with Crippen LogP contribution in [0.1, 0.15) is 17.4 Å². The Labute approximate surface area is 150 Å². The van der Waals surface area contributed by atoms with E-state index in [1.54, 1.807) is 23.4 Å². The number of nitrogens with one attached hydrogen (secondary N) is 1. The summed E-state index contributed by atoms with van der Waals surface area (Å²) < 4.78 is 5.29. The zero-order chi connectivity index (χ0) is 17.8. The maximum absolute atomic E-state index is 12.1. The highest BCUT2D eigenvalue weighted by Crippen LogP contribution is 2.26. The molecule has 1 aliphatic heterocycles. The molecule has 3 heterocycles. The maximum Gasteiger partial charge on any atom is 0.317 e. The molecule has 8 heteroatoms. The first kappa shape index (κ1) is 16.2. The number of carbonyl (C=O) groups excluding carboxylic acids is 1. The van der Waals surface area contributed by atoms with Crippen molar-refractivity contribution in [3.8, 4) is 11.6 Å². The fraction of sp³-hybridized carbons (Fsp3) is 0.278. The van der Waals surface area contributed by atoms with Crippen LogP contribution >= 0.6 is 0 Å². The smallest absolute Gasteiger partial charge is 0.317 e. The molecule has 1 aromatic carbocycles. The highest BCUT2D eigenvalue weighted by Gasteiger charge is 2.35. The van der Waals surface area contributed by atoms with E-state index in [2.05, 4.69) is 37.6 Å². The Morgan fingerprint density at radius 1 is 1.12 bits per heavy atom. The molecule has 0 aliphatic carbocycles. The lowest BCUT2D eigenvalue weighted by molar-refractivity contribution is 0.137. The molecule has 0 bridgehead atoms. The van der Waals surface area contributed by atoms with Gasteiger partial charge in [0.1, 0.15) is 0 Å². The van der Waals surface area contributed by atoms with Gasteiger partial charge in [-0.25, -0.2) is 14.8 Å².